The quantitative estimate of drug-likeness (QED) is 0.777. The van der Waals surface area contributed by atoms with Crippen molar-refractivity contribution in [3.8, 4) is 0 Å². The Morgan fingerprint density at radius 3 is 2.86 bits per heavy atom. The molecule has 1 aliphatic heterocycles. The molecule has 1 saturated heterocycles. The van der Waals surface area contributed by atoms with Crippen LogP contribution in [0.5, 0.6) is 0 Å². The molecule has 1 aliphatic rings. The highest BCUT2D eigenvalue weighted by molar-refractivity contribution is 9.10. The number of hydrogen-bond acceptors (Lipinski definition) is 4. The molecule has 0 spiro atoms. The zero-order valence-electron chi connectivity index (χ0n) is 11.1. The van der Waals surface area contributed by atoms with Gasteiger partial charge in [-0.05, 0) is 40.5 Å². The van der Waals surface area contributed by atoms with E-state index in [4.69, 9.17) is 16.0 Å². The van der Waals surface area contributed by atoms with Gasteiger partial charge in [-0.3, -0.25) is 19.7 Å². The van der Waals surface area contributed by atoms with Crippen LogP contribution in [0.3, 0.4) is 0 Å². The fourth-order valence-corrected chi connectivity index (χ4v) is 3.16. The van der Waals surface area contributed by atoms with E-state index in [1.165, 1.54) is 0 Å². The number of benzene rings is 1. The van der Waals surface area contributed by atoms with Gasteiger partial charge in [0.15, 0.2) is 5.76 Å². The Kier molecular flexibility index (Phi) is 3.92. The van der Waals surface area contributed by atoms with E-state index >= 15 is 0 Å². The highest BCUT2D eigenvalue weighted by Gasteiger charge is 2.29. The number of imide groups is 1. The monoisotopic (exact) mass is 384 g/mol. The summed E-state index contributed by atoms with van der Waals surface area (Å²) in [5, 5.41) is 5.92. The van der Waals surface area contributed by atoms with E-state index in [0.717, 1.165) is 0 Å². The molecule has 114 valence electrons. The van der Waals surface area contributed by atoms with Crippen molar-refractivity contribution in [1.82, 2.24) is 10.6 Å². The molecule has 0 saturated carbocycles. The van der Waals surface area contributed by atoms with Gasteiger partial charge in [0.1, 0.15) is 11.6 Å². The van der Waals surface area contributed by atoms with Crippen molar-refractivity contribution >= 4 is 56.2 Å². The Labute approximate surface area is 138 Å². The Hall–Kier alpha value is -1.86. The van der Waals surface area contributed by atoms with Gasteiger partial charge >= 0.3 is 0 Å². The van der Waals surface area contributed by atoms with Crippen LogP contribution in [0, 0.1) is 0 Å². The number of fused-ring (bicyclic) bond motifs is 1. The highest BCUT2D eigenvalue weighted by Crippen LogP contribution is 2.30. The first kappa shape index (κ1) is 15.1. The van der Waals surface area contributed by atoms with Crippen LogP contribution in [0.25, 0.3) is 11.0 Å². The van der Waals surface area contributed by atoms with Crippen LogP contribution in [-0.2, 0) is 9.59 Å². The van der Waals surface area contributed by atoms with Gasteiger partial charge in [0.25, 0.3) is 5.91 Å². The predicted octanol–water partition coefficient (Wildman–Crippen LogP) is 2.38. The molecule has 1 atom stereocenters. The average Bonchev–Trinajstić information content (AvgIpc) is 2.86. The van der Waals surface area contributed by atoms with Gasteiger partial charge in [-0.15, -0.1) is 0 Å². The first-order chi connectivity index (χ1) is 10.4. The Morgan fingerprint density at radius 2 is 2.14 bits per heavy atom. The van der Waals surface area contributed by atoms with E-state index in [9.17, 15) is 14.4 Å². The first-order valence-electron chi connectivity index (χ1n) is 6.47. The lowest BCUT2D eigenvalue weighted by molar-refractivity contribution is -0.134. The molecule has 3 rings (SSSR count). The maximum absolute atomic E-state index is 12.2. The van der Waals surface area contributed by atoms with Crippen molar-refractivity contribution < 1.29 is 18.8 Å². The molecule has 1 aromatic heterocycles. The zero-order valence-corrected chi connectivity index (χ0v) is 13.5. The second-order valence-corrected chi connectivity index (χ2v) is 6.18. The molecule has 2 aromatic rings. The SMILES string of the molecule is O=C1CCC(NC(=O)c2cc3cc(Cl)cc(Br)c3o2)C(=O)N1. The lowest BCUT2D eigenvalue weighted by atomic mass is 10.1. The number of furan rings is 1. The third kappa shape index (κ3) is 2.86. The van der Waals surface area contributed by atoms with Crippen molar-refractivity contribution in [3.05, 3.63) is 33.5 Å². The molecule has 1 unspecified atom stereocenters. The molecule has 6 nitrogen and oxygen atoms in total. The summed E-state index contributed by atoms with van der Waals surface area (Å²) in [6.07, 6.45) is 0.462. The summed E-state index contributed by atoms with van der Waals surface area (Å²) in [5.41, 5.74) is 0.498. The summed E-state index contributed by atoms with van der Waals surface area (Å²) < 4.78 is 6.13. The van der Waals surface area contributed by atoms with Gasteiger partial charge in [-0.1, -0.05) is 11.6 Å². The second-order valence-electron chi connectivity index (χ2n) is 4.89. The number of carbonyl (C=O) groups excluding carboxylic acids is 3. The van der Waals surface area contributed by atoms with E-state index in [2.05, 4.69) is 26.6 Å². The molecular weight excluding hydrogens is 376 g/mol. The lowest BCUT2D eigenvalue weighted by Gasteiger charge is -2.21. The van der Waals surface area contributed by atoms with Gasteiger partial charge < -0.3 is 9.73 Å². The predicted molar refractivity (Wildman–Crippen MR) is 82.6 cm³/mol. The fraction of sp³-hybridized carbons (Fsp3) is 0.214. The number of carbonyl (C=O) groups is 3. The van der Waals surface area contributed by atoms with Gasteiger partial charge in [-0.2, -0.15) is 0 Å². The van der Waals surface area contributed by atoms with Crippen molar-refractivity contribution in [2.24, 2.45) is 0 Å². The maximum atomic E-state index is 12.2. The Bertz CT molecular complexity index is 801. The molecule has 0 bridgehead atoms. The lowest BCUT2D eigenvalue weighted by Crippen LogP contribution is -2.52. The summed E-state index contributed by atoms with van der Waals surface area (Å²) in [5.74, 6) is -1.29. The summed E-state index contributed by atoms with van der Waals surface area (Å²) in [7, 11) is 0. The minimum Gasteiger partial charge on any atom is -0.450 e. The molecule has 1 aromatic carbocycles. The minimum atomic E-state index is -0.745. The standard InChI is InChI=1S/C14H10BrClN2O4/c15-8-5-7(16)3-6-4-10(22-12(6)8)14(21)17-9-1-2-11(19)18-13(9)20/h3-5,9H,1-2H2,(H,17,21)(H,18,19,20). The smallest absolute Gasteiger partial charge is 0.287 e. The minimum absolute atomic E-state index is 0.0719. The van der Waals surface area contributed by atoms with Crippen LogP contribution in [0.2, 0.25) is 5.02 Å². The van der Waals surface area contributed by atoms with Gasteiger partial charge in [-0.25, -0.2) is 0 Å². The average molecular weight is 386 g/mol. The third-order valence-electron chi connectivity index (χ3n) is 3.30. The van der Waals surface area contributed by atoms with Crippen molar-refractivity contribution in [1.29, 1.82) is 0 Å². The molecule has 1 fully saturated rings. The van der Waals surface area contributed by atoms with Crippen LogP contribution in [-0.4, -0.2) is 23.8 Å². The second kappa shape index (κ2) is 5.73. The third-order valence-corrected chi connectivity index (χ3v) is 4.11. The Morgan fingerprint density at radius 1 is 1.36 bits per heavy atom. The molecule has 0 radical (unpaired) electrons. The Balaban J connectivity index is 1.82. The molecule has 8 heteroatoms. The largest absolute Gasteiger partial charge is 0.450 e. The van der Waals surface area contributed by atoms with Crippen molar-refractivity contribution in [2.45, 2.75) is 18.9 Å². The number of halogens is 2. The van der Waals surface area contributed by atoms with E-state index in [1.807, 2.05) is 0 Å². The molecule has 3 amide bonds. The molecule has 2 heterocycles. The van der Waals surface area contributed by atoms with E-state index in [-0.39, 0.29) is 24.5 Å². The van der Waals surface area contributed by atoms with Gasteiger partial charge in [0.2, 0.25) is 11.8 Å². The van der Waals surface area contributed by atoms with E-state index in [0.29, 0.717) is 20.5 Å². The zero-order chi connectivity index (χ0) is 15.9. The summed E-state index contributed by atoms with van der Waals surface area (Å²) in [4.78, 5) is 34.9. The number of rotatable bonds is 2. The number of piperidine rings is 1. The number of nitrogens with one attached hydrogen (secondary N) is 2. The van der Waals surface area contributed by atoms with Gasteiger partial charge in [0.05, 0.1) is 4.47 Å². The van der Waals surface area contributed by atoms with Gasteiger partial charge in [0, 0.05) is 16.8 Å². The number of amides is 3. The fourth-order valence-electron chi connectivity index (χ4n) is 2.25. The molecule has 0 aliphatic carbocycles. The normalized spacial score (nSPS) is 18.4. The van der Waals surface area contributed by atoms with Crippen molar-refractivity contribution in [3.63, 3.8) is 0 Å². The summed E-state index contributed by atoms with van der Waals surface area (Å²) in [6, 6.07) is 4.14. The van der Waals surface area contributed by atoms with Crippen LogP contribution in [0.4, 0.5) is 0 Å². The van der Waals surface area contributed by atoms with Crippen LogP contribution >= 0.6 is 27.5 Å². The highest BCUT2D eigenvalue weighted by atomic mass is 79.9. The van der Waals surface area contributed by atoms with Crippen LogP contribution < -0.4 is 10.6 Å². The van der Waals surface area contributed by atoms with Crippen LogP contribution in [0.15, 0.2) is 27.1 Å². The molecule has 2 N–H and O–H groups in total. The summed E-state index contributed by atoms with van der Waals surface area (Å²) in [6.45, 7) is 0. The summed E-state index contributed by atoms with van der Waals surface area (Å²) >= 11 is 9.26. The van der Waals surface area contributed by atoms with Crippen molar-refractivity contribution in [2.75, 3.05) is 0 Å². The topological polar surface area (TPSA) is 88.4 Å². The molecular formula is C14H10BrClN2O4. The van der Waals surface area contributed by atoms with E-state index < -0.39 is 17.9 Å². The first-order valence-corrected chi connectivity index (χ1v) is 7.64. The molecule has 22 heavy (non-hydrogen) atoms. The van der Waals surface area contributed by atoms with Crippen LogP contribution in [0.1, 0.15) is 23.4 Å². The maximum Gasteiger partial charge on any atom is 0.287 e. The van der Waals surface area contributed by atoms with E-state index in [1.54, 1.807) is 18.2 Å². The number of hydrogen-bond donors (Lipinski definition) is 2.